The molecule has 1 nitrogen and oxygen atoms in total. The molecular formula is C13H17ClFN. The van der Waals surface area contributed by atoms with Gasteiger partial charge in [-0.15, -0.1) is 0 Å². The Kier molecular flexibility index (Phi) is 3.82. The first-order chi connectivity index (χ1) is 7.72. The molecule has 1 aromatic carbocycles. The Labute approximate surface area is 101 Å². The van der Waals surface area contributed by atoms with Gasteiger partial charge < -0.3 is 5.73 Å². The molecule has 0 spiro atoms. The van der Waals surface area contributed by atoms with Crippen molar-refractivity contribution in [2.45, 2.75) is 25.7 Å². The topological polar surface area (TPSA) is 26.0 Å². The quantitative estimate of drug-likeness (QED) is 0.840. The molecular weight excluding hydrogens is 225 g/mol. The molecule has 1 fully saturated rings. The van der Waals surface area contributed by atoms with E-state index in [1.165, 1.54) is 18.9 Å². The highest BCUT2D eigenvalue weighted by Gasteiger charge is 2.31. The van der Waals surface area contributed by atoms with Crippen LogP contribution in [-0.2, 0) is 6.42 Å². The first kappa shape index (κ1) is 11.9. The van der Waals surface area contributed by atoms with E-state index < -0.39 is 0 Å². The Morgan fingerprint density at radius 3 is 2.75 bits per heavy atom. The summed E-state index contributed by atoms with van der Waals surface area (Å²) >= 11 is 6.03. The van der Waals surface area contributed by atoms with Gasteiger partial charge in [0, 0.05) is 10.6 Å². The van der Waals surface area contributed by atoms with E-state index in [9.17, 15) is 4.39 Å². The third-order valence-electron chi connectivity index (χ3n) is 3.35. The summed E-state index contributed by atoms with van der Waals surface area (Å²) < 4.78 is 13.6. The van der Waals surface area contributed by atoms with E-state index in [4.69, 9.17) is 17.3 Å². The standard InChI is InChI=1S/C13H17ClFN/c14-12-2-1-3-13(15)11(12)8-10(6-7-16)9-4-5-9/h1-3,9-10H,4-8,16H2. The van der Waals surface area contributed by atoms with Crippen molar-refractivity contribution >= 4 is 11.6 Å². The molecule has 1 atom stereocenters. The summed E-state index contributed by atoms with van der Waals surface area (Å²) in [7, 11) is 0. The van der Waals surface area contributed by atoms with Crippen LogP contribution < -0.4 is 5.73 Å². The molecule has 1 aliphatic carbocycles. The predicted octanol–water partition coefficient (Wildman–Crippen LogP) is 3.40. The third-order valence-corrected chi connectivity index (χ3v) is 3.71. The first-order valence-corrected chi connectivity index (χ1v) is 6.23. The maximum atomic E-state index is 13.6. The van der Waals surface area contributed by atoms with E-state index in [1.807, 2.05) is 0 Å². The zero-order valence-electron chi connectivity index (χ0n) is 9.26. The molecule has 88 valence electrons. The van der Waals surface area contributed by atoms with Gasteiger partial charge in [0.05, 0.1) is 0 Å². The molecule has 0 heterocycles. The second-order valence-electron chi connectivity index (χ2n) is 4.58. The molecule has 0 aliphatic heterocycles. The largest absolute Gasteiger partial charge is 0.330 e. The molecule has 1 aromatic rings. The van der Waals surface area contributed by atoms with Crippen LogP contribution in [0.2, 0.25) is 5.02 Å². The fourth-order valence-corrected chi connectivity index (χ4v) is 2.52. The Hall–Kier alpha value is -0.600. The van der Waals surface area contributed by atoms with Crippen molar-refractivity contribution in [2.24, 2.45) is 17.6 Å². The van der Waals surface area contributed by atoms with E-state index in [0.717, 1.165) is 18.8 Å². The molecule has 2 rings (SSSR count). The lowest BCUT2D eigenvalue weighted by Crippen LogP contribution is -2.14. The molecule has 1 unspecified atom stereocenters. The second kappa shape index (κ2) is 5.15. The molecule has 0 radical (unpaired) electrons. The molecule has 1 saturated carbocycles. The monoisotopic (exact) mass is 241 g/mol. The van der Waals surface area contributed by atoms with E-state index in [2.05, 4.69) is 0 Å². The van der Waals surface area contributed by atoms with Crippen LogP contribution in [0.15, 0.2) is 18.2 Å². The zero-order chi connectivity index (χ0) is 11.5. The van der Waals surface area contributed by atoms with Gasteiger partial charge >= 0.3 is 0 Å². The Balaban J connectivity index is 2.11. The van der Waals surface area contributed by atoms with Gasteiger partial charge in [-0.25, -0.2) is 4.39 Å². The van der Waals surface area contributed by atoms with Crippen molar-refractivity contribution in [3.8, 4) is 0 Å². The third kappa shape index (κ3) is 2.74. The van der Waals surface area contributed by atoms with Crippen LogP contribution >= 0.6 is 11.6 Å². The van der Waals surface area contributed by atoms with E-state index in [-0.39, 0.29) is 5.82 Å². The van der Waals surface area contributed by atoms with Crippen molar-refractivity contribution in [2.75, 3.05) is 6.54 Å². The summed E-state index contributed by atoms with van der Waals surface area (Å²) in [5.41, 5.74) is 6.26. The van der Waals surface area contributed by atoms with Crippen molar-refractivity contribution in [3.63, 3.8) is 0 Å². The van der Waals surface area contributed by atoms with Gasteiger partial charge in [-0.1, -0.05) is 17.7 Å². The van der Waals surface area contributed by atoms with Gasteiger partial charge in [0.15, 0.2) is 0 Å². The number of benzene rings is 1. The van der Waals surface area contributed by atoms with Crippen molar-refractivity contribution in [1.29, 1.82) is 0 Å². The summed E-state index contributed by atoms with van der Waals surface area (Å²) in [6.45, 7) is 0.674. The minimum atomic E-state index is -0.185. The van der Waals surface area contributed by atoms with Gasteiger partial charge in [0.25, 0.3) is 0 Å². The lowest BCUT2D eigenvalue weighted by Gasteiger charge is -2.16. The Morgan fingerprint density at radius 2 is 2.19 bits per heavy atom. The van der Waals surface area contributed by atoms with Crippen LogP contribution in [0.3, 0.4) is 0 Å². The van der Waals surface area contributed by atoms with Crippen LogP contribution in [0.1, 0.15) is 24.8 Å². The molecule has 0 amide bonds. The Morgan fingerprint density at radius 1 is 1.44 bits per heavy atom. The lowest BCUT2D eigenvalue weighted by molar-refractivity contribution is 0.424. The smallest absolute Gasteiger partial charge is 0.127 e. The SMILES string of the molecule is NCCC(Cc1c(F)cccc1Cl)C1CC1. The van der Waals surface area contributed by atoms with E-state index in [0.29, 0.717) is 23.0 Å². The van der Waals surface area contributed by atoms with Crippen LogP contribution in [0.5, 0.6) is 0 Å². The van der Waals surface area contributed by atoms with Crippen LogP contribution in [0, 0.1) is 17.7 Å². The van der Waals surface area contributed by atoms with Crippen molar-refractivity contribution in [1.82, 2.24) is 0 Å². The predicted molar refractivity (Wildman–Crippen MR) is 65.0 cm³/mol. The number of hydrogen-bond donors (Lipinski definition) is 1. The highest BCUT2D eigenvalue weighted by atomic mass is 35.5. The number of halogens is 2. The van der Waals surface area contributed by atoms with Crippen molar-refractivity contribution in [3.05, 3.63) is 34.6 Å². The molecule has 2 N–H and O–H groups in total. The number of nitrogens with two attached hydrogens (primary N) is 1. The summed E-state index contributed by atoms with van der Waals surface area (Å²) in [6.07, 6.45) is 4.22. The second-order valence-corrected chi connectivity index (χ2v) is 4.99. The molecule has 3 heteroatoms. The summed E-state index contributed by atoms with van der Waals surface area (Å²) in [4.78, 5) is 0. The average molecular weight is 242 g/mol. The zero-order valence-corrected chi connectivity index (χ0v) is 10.0. The summed E-state index contributed by atoms with van der Waals surface area (Å²) in [5, 5.41) is 0.544. The average Bonchev–Trinajstić information content (AvgIpc) is 3.06. The fraction of sp³-hybridized carbons (Fsp3) is 0.538. The Bertz CT molecular complexity index is 343. The molecule has 0 bridgehead atoms. The summed E-state index contributed by atoms with van der Waals surface area (Å²) in [6, 6.07) is 4.89. The lowest BCUT2D eigenvalue weighted by atomic mass is 9.91. The van der Waals surface area contributed by atoms with Gasteiger partial charge in [-0.3, -0.25) is 0 Å². The van der Waals surface area contributed by atoms with E-state index >= 15 is 0 Å². The molecule has 0 saturated heterocycles. The van der Waals surface area contributed by atoms with Crippen LogP contribution in [0.4, 0.5) is 4.39 Å². The minimum absolute atomic E-state index is 0.185. The van der Waals surface area contributed by atoms with Gasteiger partial charge in [-0.05, 0) is 56.2 Å². The normalized spacial score (nSPS) is 17.4. The highest BCUT2D eigenvalue weighted by Crippen LogP contribution is 2.41. The molecule has 16 heavy (non-hydrogen) atoms. The van der Waals surface area contributed by atoms with Crippen molar-refractivity contribution < 1.29 is 4.39 Å². The maximum absolute atomic E-state index is 13.6. The molecule has 0 aromatic heterocycles. The van der Waals surface area contributed by atoms with Crippen LogP contribution in [-0.4, -0.2) is 6.54 Å². The number of rotatable bonds is 5. The first-order valence-electron chi connectivity index (χ1n) is 5.85. The minimum Gasteiger partial charge on any atom is -0.330 e. The highest BCUT2D eigenvalue weighted by molar-refractivity contribution is 6.31. The molecule has 1 aliphatic rings. The summed E-state index contributed by atoms with van der Waals surface area (Å²) in [5.74, 6) is 1.05. The maximum Gasteiger partial charge on any atom is 0.127 e. The fourth-order valence-electron chi connectivity index (χ4n) is 2.28. The van der Waals surface area contributed by atoms with Gasteiger partial charge in [0.1, 0.15) is 5.82 Å². The number of hydrogen-bond acceptors (Lipinski definition) is 1. The van der Waals surface area contributed by atoms with Crippen LogP contribution in [0.25, 0.3) is 0 Å². The van der Waals surface area contributed by atoms with Gasteiger partial charge in [-0.2, -0.15) is 0 Å². The van der Waals surface area contributed by atoms with E-state index in [1.54, 1.807) is 12.1 Å². The van der Waals surface area contributed by atoms with Gasteiger partial charge in [0.2, 0.25) is 0 Å².